The van der Waals surface area contributed by atoms with E-state index < -0.39 is 0 Å². The van der Waals surface area contributed by atoms with E-state index in [2.05, 4.69) is 36.5 Å². The Hall–Kier alpha value is -0.820. The first-order valence-corrected chi connectivity index (χ1v) is 8.63. The normalized spacial score (nSPS) is 38.4. The van der Waals surface area contributed by atoms with Gasteiger partial charge in [0.1, 0.15) is 0 Å². The Bertz CT molecular complexity index is 433. The maximum absolute atomic E-state index is 3.92. The minimum atomic E-state index is 0.814. The Morgan fingerprint density at radius 1 is 0.850 bits per heavy atom. The van der Waals surface area contributed by atoms with Gasteiger partial charge in [0.15, 0.2) is 0 Å². The molecule has 0 spiro atoms. The maximum atomic E-state index is 3.92. The van der Waals surface area contributed by atoms with Gasteiger partial charge in [0, 0.05) is 12.6 Å². The second-order valence-electron chi connectivity index (χ2n) is 7.51. The smallest absolute Gasteiger partial charge is 0.0208 e. The first-order valence-electron chi connectivity index (χ1n) is 8.63. The van der Waals surface area contributed by atoms with Gasteiger partial charge in [-0.2, -0.15) is 0 Å². The molecule has 0 unspecified atom stereocenters. The van der Waals surface area contributed by atoms with Crippen LogP contribution < -0.4 is 5.32 Å². The van der Waals surface area contributed by atoms with Gasteiger partial charge in [0.25, 0.3) is 0 Å². The van der Waals surface area contributed by atoms with Gasteiger partial charge in [-0.25, -0.2) is 0 Å². The molecule has 0 aliphatic heterocycles. The highest BCUT2D eigenvalue weighted by Gasteiger charge is 2.47. The molecule has 1 heteroatoms. The number of aryl methyl sites for hydroxylation is 1. The molecule has 5 rings (SSSR count). The third-order valence-corrected chi connectivity index (χ3v) is 6.20. The lowest BCUT2D eigenvalue weighted by Crippen LogP contribution is -2.54. The van der Waals surface area contributed by atoms with Crippen molar-refractivity contribution in [3.05, 3.63) is 35.4 Å². The van der Waals surface area contributed by atoms with Gasteiger partial charge in [0.05, 0.1) is 0 Å². The van der Waals surface area contributed by atoms with Gasteiger partial charge in [0.2, 0.25) is 0 Å². The fraction of sp³-hybridized carbons (Fsp3) is 0.684. The molecule has 1 N–H and O–H groups in total. The van der Waals surface area contributed by atoms with Gasteiger partial charge in [-0.3, -0.25) is 0 Å². The van der Waals surface area contributed by atoms with Crippen LogP contribution in [0.25, 0.3) is 0 Å². The molecule has 4 aliphatic carbocycles. The summed E-state index contributed by atoms with van der Waals surface area (Å²) in [6.45, 7) is 3.29. The molecule has 108 valence electrons. The van der Waals surface area contributed by atoms with E-state index in [4.69, 9.17) is 0 Å². The van der Waals surface area contributed by atoms with E-state index >= 15 is 0 Å². The predicted molar refractivity (Wildman–Crippen MR) is 83.5 cm³/mol. The second-order valence-corrected chi connectivity index (χ2v) is 7.51. The summed E-state index contributed by atoms with van der Waals surface area (Å²) in [4.78, 5) is 0. The minimum Gasteiger partial charge on any atom is -0.309 e. The van der Waals surface area contributed by atoms with Gasteiger partial charge >= 0.3 is 0 Å². The van der Waals surface area contributed by atoms with Crippen LogP contribution in [0.4, 0.5) is 0 Å². The van der Waals surface area contributed by atoms with Crippen molar-refractivity contribution in [1.29, 1.82) is 0 Å². The molecule has 4 aliphatic rings. The molecule has 0 amide bonds. The van der Waals surface area contributed by atoms with Crippen LogP contribution >= 0.6 is 0 Å². The zero-order chi connectivity index (χ0) is 13.5. The summed E-state index contributed by atoms with van der Waals surface area (Å²) in [6, 6.07) is 10.00. The quantitative estimate of drug-likeness (QED) is 0.865. The highest BCUT2D eigenvalue weighted by atomic mass is 14.9. The summed E-state index contributed by atoms with van der Waals surface area (Å²) >= 11 is 0. The monoisotopic (exact) mass is 269 g/mol. The summed E-state index contributed by atoms with van der Waals surface area (Å²) in [6.07, 6.45) is 8.75. The van der Waals surface area contributed by atoms with Crippen molar-refractivity contribution in [2.24, 2.45) is 23.7 Å². The first-order chi connectivity index (χ1) is 9.81. The largest absolute Gasteiger partial charge is 0.309 e. The van der Waals surface area contributed by atoms with Crippen molar-refractivity contribution in [2.75, 3.05) is 0 Å². The van der Waals surface area contributed by atoms with E-state index in [9.17, 15) is 0 Å². The standard InChI is InChI=1S/C19H27N/c1-2-13-3-5-14(6-4-13)12-20-19-17-8-15-7-16(10-17)11-18(19)9-15/h3-6,15-20H,2,7-12H2,1H3. The summed E-state index contributed by atoms with van der Waals surface area (Å²) in [5, 5.41) is 3.92. The lowest BCUT2D eigenvalue weighted by atomic mass is 9.54. The van der Waals surface area contributed by atoms with Crippen LogP contribution in [0.5, 0.6) is 0 Å². The summed E-state index contributed by atoms with van der Waals surface area (Å²) in [5.74, 6) is 4.14. The highest BCUT2D eigenvalue weighted by Crippen LogP contribution is 2.53. The molecule has 0 aromatic heterocycles. The molecule has 4 fully saturated rings. The van der Waals surface area contributed by atoms with Crippen LogP contribution in [0.1, 0.15) is 50.2 Å². The molecule has 4 bridgehead atoms. The molecule has 0 radical (unpaired) electrons. The predicted octanol–water partition coefficient (Wildman–Crippen LogP) is 4.16. The second kappa shape index (κ2) is 5.18. The SMILES string of the molecule is CCc1ccc(CNC2C3CC4CC(C3)CC2C4)cc1. The van der Waals surface area contributed by atoms with Gasteiger partial charge in [-0.1, -0.05) is 31.2 Å². The van der Waals surface area contributed by atoms with Gasteiger partial charge in [-0.05, 0) is 73.3 Å². The molecule has 1 aromatic rings. The first kappa shape index (κ1) is 12.9. The molecule has 20 heavy (non-hydrogen) atoms. The Labute approximate surface area is 123 Å². The van der Waals surface area contributed by atoms with Crippen molar-refractivity contribution in [3.63, 3.8) is 0 Å². The minimum absolute atomic E-state index is 0.814. The summed E-state index contributed by atoms with van der Waals surface area (Å²) < 4.78 is 0. The Morgan fingerprint density at radius 2 is 1.40 bits per heavy atom. The van der Waals surface area contributed by atoms with E-state index in [1.807, 2.05) is 0 Å². The van der Waals surface area contributed by atoms with E-state index in [0.717, 1.165) is 42.7 Å². The maximum Gasteiger partial charge on any atom is 0.0208 e. The molecular formula is C19H27N. The number of rotatable bonds is 4. The van der Waals surface area contributed by atoms with Crippen LogP contribution in [0.2, 0.25) is 0 Å². The third-order valence-electron chi connectivity index (χ3n) is 6.20. The Balaban J connectivity index is 1.39. The lowest BCUT2D eigenvalue weighted by molar-refractivity contribution is -0.0142. The van der Waals surface area contributed by atoms with Crippen molar-refractivity contribution >= 4 is 0 Å². The third kappa shape index (κ3) is 2.30. The van der Waals surface area contributed by atoms with Crippen molar-refractivity contribution in [1.82, 2.24) is 5.32 Å². The van der Waals surface area contributed by atoms with Crippen molar-refractivity contribution in [2.45, 2.75) is 58.0 Å². The molecule has 1 nitrogen and oxygen atoms in total. The number of hydrogen-bond donors (Lipinski definition) is 1. The van der Waals surface area contributed by atoms with E-state index in [1.54, 1.807) is 6.42 Å². The highest BCUT2D eigenvalue weighted by molar-refractivity contribution is 5.22. The average Bonchev–Trinajstić information content (AvgIpc) is 2.46. The molecule has 1 aromatic carbocycles. The van der Waals surface area contributed by atoms with E-state index in [-0.39, 0.29) is 0 Å². The van der Waals surface area contributed by atoms with Crippen molar-refractivity contribution in [3.8, 4) is 0 Å². The van der Waals surface area contributed by atoms with Crippen LogP contribution in [0.3, 0.4) is 0 Å². The molecule has 4 saturated carbocycles. The fourth-order valence-corrected chi connectivity index (χ4v) is 5.39. The van der Waals surface area contributed by atoms with Crippen molar-refractivity contribution < 1.29 is 0 Å². The summed E-state index contributed by atoms with van der Waals surface area (Å²) in [5.41, 5.74) is 2.90. The number of hydrogen-bond acceptors (Lipinski definition) is 1. The average molecular weight is 269 g/mol. The van der Waals surface area contributed by atoms with Crippen LogP contribution in [0.15, 0.2) is 24.3 Å². The van der Waals surface area contributed by atoms with E-state index in [1.165, 1.54) is 36.8 Å². The zero-order valence-electron chi connectivity index (χ0n) is 12.6. The molecule has 0 heterocycles. The van der Waals surface area contributed by atoms with Crippen LogP contribution in [0, 0.1) is 23.7 Å². The Kier molecular flexibility index (Phi) is 3.34. The lowest BCUT2D eigenvalue weighted by Gasteiger charge is -2.54. The van der Waals surface area contributed by atoms with Gasteiger partial charge < -0.3 is 5.32 Å². The van der Waals surface area contributed by atoms with E-state index in [0.29, 0.717) is 0 Å². The van der Waals surface area contributed by atoms with Crippen LogP contribution in [-0.2, 0) is 13.0 Å². The number of nitrogens with one attached hydrogen (secondary N) is 1. The topological polar surface area (TPSA) is 12.0 Å². The number of benzene rings is 1. The molecule has 0 atom stereocenters. The molecular weight excluding hydrogens is 242 g/mol. The Morgan fingerprint density at radius 3 is 1.95 bits per heavy atom. The zero-order valence-corrected chi connectivity index (χ0v) is 12.6. The van der Waals surface area contributed by atoms with Crippen LogP contribution in [-0.4, -0.2) is 6.04 Å². The summed E-state index contributed by atoms with van der Waals surface area (Å²) in [7, 11) is 0. The fourth-order valence-electron chi connectivity index (χ4n) is 5.39. The van der Waals surface area contributed by atoms with Gasteiger partial charge in [-0.15, -0.1) is 0 Å². The molecule has 0 saturated heterocycles.